The van der Waals surface area contributed by atoms with E-state index >= 15 is 0 Å². The predicted octanol–water partition coefficient (Wildman–Crippen LogP) is 5.62. The lowest BCUT2D eigenvalue weighted by molar-refractivity contribution is -0.176. The zero-order chi connectivity index (χ0) is 20.5. The van der Waals surface area contributed by atoms with Crippen LogP contribution in [-0.2, 0) is 23.7 Å². The molecule has 0 bridgehead atoms. The van der Waals surface area contributed by atoms with E-state index in [9.17, 15) is 9.59 Å². The van der Waals surface area contributed by atoms with E-state index in [1.807, 2.05) is 6.08 Å². The maximum absolute atomic E-state index is 12.4. The van der Waals surface area contributed by atoms with Crippen molar-refractivity contribution in [3.05, 3.63) is 23.7 Å². The van der Waals surface area contributed by atoms with Crippen molar-refractivity contribution in [1.82, 2.24) is 0 Å². The number of rotatable bonds is 8. The van der Waals surface area contributed by atoms with Crippen LogP contribution in [0.3, 0.4) is 0 Å². The molecule has 1 fully saturated rings. The third kappa shape index (κ3) is 7.21. The first-order valence-electron chi connectivity index (χ1n) is 10.5. The second kappa shape index (κ2) is 11.1. The average molecular weight is 395 g/mol. The second-order valence-electron chi connectivity index (χ2n) is 8.04. The molecule has 1 aliphatic carbocycles. The van der Waals surface area contributed by atoms with Gasteiger partial charge in [0.25, 0.3) is 6.29 Å². The molecule has 28 heavy (non-hydrogen) atoms. The Labute approximate surface area is 168 Å². The Morgan fingerprint density at radius 2 is 1.86 bits per heavy atom. The molecule has 2 atom stereocenters. The van der Waals surface area contributed by atoms with Crippen LogP contribution >= 0.6 is 0 Å². The topological polar surface area (TPSA) is 71.1 Å². The molecular weight excluding hydrogens is 360 g/mol. The van der Waals surface area contributed by atoms with Crippen LogP contribution in [0.2, 0.25) is 0 Å². The minimum Gasteiger partial charge on any atom is -0.469 e. The average Bonchev–Trinajstić information content (AvgIpc) is 2.67. The van der Waals surface area contributed by atoms with E-state index in [1.165, 1.54) is 12.0 Å². The molecule has 0 spiro atoms. The maximum atomic E-state index is 12.4. The van der Waals surface area contributed by atoms with Gasteiger partial charge in [-0.05, 0) is 63.0 Å². The van der Waals surface area contributed by atoms with Crippen molar-refractivity contribution in [2.75, 3.05) is 0 Å². The molecule has 2 aliphatic rings. The Hall–Kier alpha value is -1.98. The van der Waals surface area contributed by atoms with Crippen molar-refractivity contribution in [2.45, 2.75) is 91.5 Å². The molecule has 0 aromatic carbocycles. The number of carbonyl (C=O) groups excluding carboxylic acids is 2. The van der Waals surface area contributed by atoms with Gasteiger partial charge in [-0.25, -0.2) is 4.79 Å². The van der Waals surface area contributed by atoms with Crippen molar-refractivity contribution in [1.29, 1.82) is 0 Å². The fraction of sp³-hybridized carbons (Fsp3) is 0.727. The fourth-order valence-electron chi connectivity index (χ4n) is 3.41. The highest BCUT2D eigenvalue weighted by molar-refractivity contribution is 5.75. The van der Waals surface area contributed by atoms with Crippen LogP contribution < -0.4 is 0 Å². The zero-order valence-electron chi connectivity index (χ0n) is 17.6. The molecule has 0 saturated heterocycles. The minimum atomic E-state index is -0.956. The third-order valence-electron chi connectivity index (χ3n) is 5.00. The minimum absolute atomic E-state index is 0.0963. The molecule has 0 aromatic rings. The van der Waals surface area contributed by atoms with Gasteiger partial charge in [0.05, 0.1) is 6.26 Å². The van der Waals surface area contributed by atoms with Gasteiger partial charge in [0, 0.05) is 6.42 Å². The van der Waals surface area contributed by atoms with E-state index in [0.717, 1.165) is 38.5 Å². The number of ether oxygens (including phenoxy) is 4. The highest BCUT2D eigenvalue weighted by Gasteiger charge is 2.28. The van der Waals surface area contributed by atoms with Crippen LogP contribution in [0, 0.1) is 11.8 Å². The number of carbonyl (C=O) groups is 2. The van der Waals surface area contributed by atoms with Gasteiger partial charge in [-0.15, -0.1) is 0 Å². The summed E-state index contributed by atoms with van der Waals surface area (Å²) in [5.74, 6) is 0.0771. The fourth-order valence-corrected chi connectivity index (χ4v) is 3.41. The first-order valence-corrected chi connectivity index (χ1v) is 10.5. The smallest absolute Gasteiger partial charge is 0.469 e. The van der Waals surface area contributed by atoms with Gasteiger partial charge in [0.1, 0.15) is 17.8 Å². The summed E-state index contributed by atoms with van der Waals surface area (Å²) in [5.41, 5.74) is 1.21. The van der Waals surface area contributed by atoms with Gasteiger partial charge in [-0.1, -0.05) is 27.2 Å². The van der Waals surface area contributed by atoms with Crippen molar-refractivity contribution in [3.8, 4) is 0 Å². The molecule has 2 unspecified atom stereocenters. The number of esters is 1. The number of hydrogen-bond acceptors (Lipinski definition) is 6. The molecule has 1 aliphatic heterocycles. The molecule has 2 rings (SSSR count). The quantitative estimate of drug-likeness (QED) is 0.393. The summed E-state index contributed by atoms with van der Waals surface area (Å²) in [6.07, 6.45) is 8.94. The van der Waals surface area contributed by atoms with E-state index in [4.69, 9.17) is 18.9 Å². The third-order valence-corrected chi connectivity index (χ3v) is 5.00. The molecular formula is C22H34O6. The molecule has 6 nitrogen and oxygen atoms in total. The Morgan fingerprint density at radius 3 is 2.43 bits per heavy atom. The Bertz CT molecular complexity index is 586. The molecule has 1 heterocycles. The summed E-state index contributed by atoms with van der Waals surface area (Å²) in [5, 5.41) is 0. The maximum Gasteiger partial charge on any atom is 0.511 e. The summed E-state index contributed by atoms with van der Waals surface area (Å²) in [7, 11) is 0. The lowest BCUT2D eigenvalue weighted by Crippen LogP contribution is -2.30. The zero-order valence-corrected chi connectivity index (χ0v) is 17.6. The van der Waals surface area contributed by atoms with Gasteiger partial charge in [0.2, 0.25) is 0 Å². The standard InChI is InChI=1S/C22H34O6/c1-5-20(28-22(24)26-18-9-7-6-8-10-18)27-21(23)16(4)19-12-11-17(14-25-19)13-15(2)3/h12,14-16,18,20H,5-11,13H2,1-4H3. The summed E-state index contributed by atoms with van der Waals surface area (Å²) in [4.78, 5) is 24.4. The predicted molar refractivity (Wildman–Crippen MR) is 105 cm³/mol. The van der Waals surface area contributed by atoms with Crippen molar-refractivity contribution in [2.24, 2.45) is 11.8 Å². The molecule has 1 saturated carbocycles. The van der Waals surface area contributed by atoms with Crippen LogP contribution in [-0.4, -0.2) is 24.5 Å². The SMILES string of the molecule is CCC(OC(=O)OC1CCCCC1)OC(=O)C(C)C1=CCC(CC(C)C)=CO1. The highest BCUT2D eigenvalue weighted by Crippen LogP contribution is 2.26. The van der Waals surface area contributed by atoms with Gasteiger partial charge in [-0.3, -0.25) is 4.79 Å². The Kier molecular flexibility index (Phi) is 8.87. The van der Waals surface area contributed by atoms with Crippen molar-refractivity contribution >= 4 is 12.1 Å². The van der Waals surface area contributed by atoms with E-state index < -0.39 is 24.3 Å². The van der Waals surface area contributed by atoms with Crippen LogP contribution in [0.4, 0.5) is 4.79 Å². The first kappa shape index (κ1) is 22.3. The van der Waals surface area contributed by atoms with Gasteiger partial charge < -0.3 is 18.9 Å². The monoisotopic (exact) mass is 394 g/mol. The van der Waals surface area contributed by atoms with Gasteiger partial charge in [-0.2, -0.15) is 0 Å². The highest BCUT2D eigenvalue weighted by atomic mass is 16.8. The van der Waals surface area contributed by atoms with E-state index in [0.29, 0.717) is 18.1 Å². The molecule has 0 amide bonds. The van der Waals surface area contributed by atoms with Crippen LogP contribution in [0.25, 0.3) is 0 Å². The Morgan fingerprint density at radius 1 is 1.14 bits per heavy atom. The summed E-state index contributed by atoms with van der Waals surface area (Å²) in [6.45, 7) is 7.82. The lowest BCUT2D eigenvalue weighted by Gasteiger charge is -2.24. The molecule has 6 heteroatoms. The van der Waals surface area contributed by atoms with Gasteiger partial charge >= 0.3 is 12.1 Å². The van der Waals surface area contributed by atoms with Crippen molar-refractivity contribution < 1.29 is 28.5 Å². The number of allylic oxidation sites excluding steroid dienone is 2. The molecule has 158 valence electrons. The normalized spacial score (nSPS) is 19.8. The molecule has 0 aromatic heterocycles. The Balaban J connectivity index is 1.79. The lowest BCUT2D eigenvalue weighted by atomic mass is 9.98. The van der Waals surface area contributed by atoms with Crippen LogP contribution in [0.1, 0.15) is 79.1 Å². The molecule has 0 N–H and O–H groups in total. The second-order valence-corrected chi connectivity index (χ2v) is 8.04. The van der Waals surface area contributed by atoms with Crippen LogP contribution in [0.15, 0.2) is 23.7 Å². The summed E-state index contributed by atoms with van der Waals surface area (Å²) >= 11 is 0. The summed E-state index contributed by atoms with van der Waals surface area (Å²) < 4.78 is 21.5. The van der Waals surface area contributed by atoms with Crippen molar-refractivity contribution in [3.63, 3.8) is 0 Å². The van der Waals surface area contributed by atoms with Gasteiger partial charge in [0.15, 0.2) is 0 Å². The molecule has 0 radical (unpaired) electrons. The first-order chi connectivity index (χ1) is 13.4. The van der Waals surface area contributed by atoms with E-state index in [1.54, 1.807) is 20.1 Å². The van der Waals surface area contributed by atoms with E-state index in [2.05, 4.69) is 13.8 Å². The largest absolute Gasteiger partial charge is 0.511 e. The number of hydrogen-bond donors (Lipinski definition) is 0. The van der Waals surface area contributed by atoms with E-state index in [-0.39, 0.29) is 6.10 Å². The summed E-state index contributed by atoms with van der Waals surface area (Å²) in [6, 6.07) is 0. The van der Waals surface area contributed by atoms with Crippen LogP contribution in [0.5, 0.6) is 0 Å².